The summed E-state index contributed by atoms with van der Waals surface area (Å²) in [6.07, 6.45) is 6.50. The van der Waals surface area contributed by atoms with Crippen molar-refractivity contribution in [2.75, 3.05) is 26.2 Å². The van der Waals surface area contributed by atoms with E-state index in [-0.39, 0.29) is 12.4 Å². The van der Waals surface area contributed by atoms with Crippen LogP contribution in [-0.2, 0) is 6.54 Å². The van der Waals surface area contributed by atoms with Crippen molar-refractivity contribution in [3.05, 3.63) is 30.1 Å². The van der Waals surface area contributed by atoms with Gasteiger partial charge in [0.25, 0.3) is 0 Å². The van der Waals surface area contributed by atoms with E-state index in [0.29, 0.717) is 5.41 Å². The summed E-state index contributed by atoms with van der Waals surface area (Å²) >= 11 is 0. The predicted molar refractivity (Wildman–Crippen MR) is 71.3 cm³/mol. The van der Waals surface area contributed by atoms with E-state index in [9.17, 15) is 0 Å². The second-order valence-corrected chi connectivity index (χ2v) is 5.24. The first-order valence-corrected chi connectivity index (χ1v) is 6.18. The molecule has 94 valence electrons. The summed E-state index contributed by atoms with van der Waals surface area (Å²) in [5.41, 5.74) is 1.98. The quantitative estimate of drug-likeness (QED) is 0.870. The second-order valence-electron chi connectivity index (χ2n) is 5.24. The topological polar surface area (TPSA) is 28.2 Å². The van der Waals surface area contributed by atoms with E-state index in [2.05, 4.69) is 27.3 Å². The molecule has 17 heavy (non-hydrogen) atoms. The van der Waals surface area contributed by atoms with Gasteiger partial charge in [-0.15, -0.1) is 12.4 Å². The van der Waals surface area contributed by atoms with Gasteiger partial charge >= 0.3 is 0 Å². The van der Waals surface area contributed by atoms with E-state index in [1.54, 1.807) is 0 Å². The highest BCUT2D eigenvalue weighted by molar-refractivity contribution is 5.85. The third-order valence-electron chi connectivity index (χ3n) is 4.01. The van der Waals surface area contributed by atoms with Gasteiger partial charge in [-0.25, -0.2) is 0 Å². The fraction of sp³-hybridized carbons (Fsp3) is 0.615. The number of aromatic nitrogens is 1. The fourth-order valence-electron chi connectivity index (χ4n) is 3.05. The minimum atomic E-state index is 0. The molecule has 2 aliphatic heterocycles. The smallest absolute Gasteiger partial charge is 0.0271 e. The van der Waals surface area contributed by atoms with Crippen LogP contribution in [0.3, 0.4) is 0 Å². The van der Waals surface area contributed by atoms with Gasteiger partial charge < -0.3 is 5.32 Å². The molecule has 3 heterocycles. The third-order valence-corrected chi connectivity index (χ3v) is 4.01. The minimum absolute atomic E-state index is 0. The molecule has 0 aromatic carbocycles. The number of hydrogen-bond acceptors (Lipinski definition) is 3. The van der Waals surface area contributed by atoms with Crippen LogP contribution in [0.1, 0.15) is 18.4 Å². The maximum absolute atomic E-state index is 4.06. The van der Waals surface area contributed by atoms with Crippen molar-refractivity contribution in [2.24, 2.45) is 5.41 Å². The number of hydrogen-bond donors (Lipinski definition) is 1. The van der Waals surface area contributed by atoms with E-state index >= 15 is 0 Å². The molecule has 0 bridgehead atoms. The molecule has 1 atom stereocenters. The molecule has 0 aliphatic carbocycles. The first-order chi connectivity index (χ1) is 7.86. The monoisotopic (exact) mass is 253 g/mol. The zero-order valence-electron chi connectivity index (χ0n) is 10.1. The van der Waals surface area contributed by atoms with Gasteiger partial charge in [0, 0.05) is 32.0 Å². The summed E-state index contributed by atoms with van der Waals surface area (Å²) < 4.78 is 0. The van der Waals surface area contributed by atoms with Gasteiger partial charge in [-0.05, 0) is 49.0 Å². The molecule has 2 aliphatic rings. The predicted octanol–water partition coefficient (Wildman–Crippen LogP) is 1.69. The number of halogens is 1. The van der Waals surface area contributed by atoms with E-state index in [4.69, 9.17) is 0 Å². The molecular formula is C13H20ClN3. The molecule has 1 N–H and O–H groups in total. The summed E-state index contributed by atoms with van der Waals surface area (Å²) in [6, 6.07) is 4.25. The minimum Gasteiger partial charge on any atom is -0.316 e. The van der Waals surface area contributed by atoms with Crippen LogP contribution in [0.5, 0.6) is 0 Å². The largest absolute Gasteiger partial charge is 0.316 e. The van der Waals surface area contributed by atoms with Crippen LogP contribution in [0.15, 0.2) is 24.5 Å². The number of nitrogens with zero attached hydrogens (tertiary/aromatic N) is 2. The Balaban J connectivity index is 0.00000108. The summed E-state index contributed by atoms with van der Waals surface area (Å²) in [4.78, 5) is 6.65. The Kier molecular flexibility index (Phi) is 4.02. The standard InChI is InChI=1S/C13H19N3.ClH/c1-5-14-6-2-12(1)9-16-8-4-13(11-16)3-7-15-10-13;/h1-2,5-6,15H,3-4,7-11H2;1H. The Morgan fingerprint density at radius 1 is 1.29 bits per heavy atom. The highest BCUT2D eigenvalue weighted by Crippen LogP contribution is 2.36. The second kappa shape index (κ2) is 5.34. The van der Waals surface area contributed by atoms with Gasteiger partial charge in [0.05, 0.1) is 0 Å². The molecule has 1 unspecified atom stereocenters. The average molecular weight is 254 g/mol. The molecule has 4 heteroatoms. The molecular weight excluding hydrogens is 234 g/mol. The van der Waals surface area contributed by atoms with Crippen LogP contribution in [-0.4, -0.2) is 36.1 Å². The number of rotatable bonds is 2. The van der Waals surface area contributed by atoms with Gasteiger partial charge in [-0.2, -0.15) is 0 Å². The molecule has 2 saturated heterocycles. The van der Waals surface area contributed by atoms with Crippen molar-refractivity contribution < 1.29 is 0 Å². The summed E-state index contributed by atoms with van der Waals surface area (Å²) in [5.74, 6) is 0. The molecule has 2 fully saturated rings. The Bertz CT molecular complexity index is 349. The third kappa shape index (κ3) is 2.79. The molecule has 3 rings (SSSR count). The lowest BCUT2D eigenvalue weighted by Crippen LogP contribution is -2.28. The Morgan fingerprint density at radius 2 is 2.12 bits per heavy atom. The van der Waals surface area contributed by atoms with Gasteiger partial charge in [-0.3, -0.25) is 9.88 Å². The van der Waals surface area contributed by atoms with Crippen LogP contribution in [0.25, 0.3) is 0 Å². The van der Waals surface area contributed by atoms with E-state index in [0.717, 1.165) is 6.54 Å². The zero-order valence-corrected chi connectivity index (χ0v) is 10.9. The van der Waals surface area contributed by atoms with Crippen LogP contribution >= 0.6 is 12.4 Å². The number of likely N-dealkylation sites (tertiary alicyclic amines) is 1. The number of nitrogens with one attached hydrogen (secondary N) is 1. The summed E-state index contributed by atoms with van der Waals surface area (Å²) in [5, 5.41) is 3.50. The van der Waals surface area contributed by atoms with Crippen LogP contribution in [0.4, 0.5) is 0 Å². The first kappa shape index (κ1) is 12.8. The lowest BCUT2D eigenvalue weighted by molar-refractivity contribution is 0.268. The zero-order chi connectivity index (χ0) is 10.8. The normalized spacial score (nSPS) is 28.5. The molecule has 3 nitrogen and oxygen atoms in total. The molecule has 0 radical (unpaired) electrons. The maximum atomic E-state index is 4.06. The van der Waals surface area contributed by atoms with Gasteiger partial charge in [0.15, 0.2) is 0 Å². The van der Waals surface area contributed by atoms with E-state index < -0.39 is 0 Å². The molecule has 1 spiro atoms. The van der Waals surface area contributed by atoms with Crippen molar-refractivity contribution in [3.63, 3.8) is 0 Å². The van der Waals surface area contributed by atoms with Crippen molar-refractivity contribution in [1.29, 1.82) is 0 Å². The Hall–Kier alpha value is -0.640. The van der Waals surface area contributed by atoms with Crippen molar-refractivity contribution in [3.8, 4) is 0 Å². The van der Waals surface area contributed by atoms with Gasteiger partial charge in [-0.1, -0.05) is 0 Å². The van der Waals surface area contributed by atoms with E-state index in [1.165, 1.54) is 44.6 Å². The Morgan fingerprint density at radius 3 is 2.82 bits per heavy atom. The number of pyridine rings is 1. The van der Waals surface area contributed by atoms with Crippen LogP contribution < -0.4 is 5.32 Å². The van der Waals surface area contributed by atoms with Gasteiger partial charge in [0.2, 0.25) is 0 Å². The molecule has 0 amide bonds. The SMILES string of the molecule is Cl.c1cc(CN2CCC3(CCNC3)C2)ccn1. The first-order valence-electron chi connectivity index (χ1n) is 6.18. The van der Waals surface area contributed by atoms with Gasteiger partial charge in [0.1, 0.15) is 0 Å². The molecule has 1 aromatic heterocycles. The highest BCUT2D eigenvalue weighted by Gasteiger charge is 2.39. The van der Waals surface area contributed by atoms with Crippen molar-refractivity contribution in [2.45, 2.75) is 19.4 Å². The van der Waals surface area contributed by atoms with Crippen LogP contribution in [0.2, 0.25) is 0 Å². The van der Waals surface area contributed by atoms with Crippen molar-refractivity contribution >= 4 is 12.4 Å². The Labute approximate surface area is 109 Å². The highest BCUT2D eigenvalue weighted by atomic mass is 35.5. The lowest BCUT2D eigenvalue weighted by Gasteiger charge is -2.22. The van der Waals surface area contributed by atoms with Crippen molar-refractivity contribution in [1.82, 2.24) is 15.2 Å². The van der Waals surface area contributed by atoms with Crippen LogP contribution in [0, 0.1) is 5.41 Å². The molecule has 0 saturated carbocycles. The maximum Gasteiger partial charge on any atom is 0.0271 e. The summed E-state index contributed by atoms with van der Waals surface area (Å²) in [7, 11) is 0. The lowest BCUT2D eigenvalue weighted by atomic mass is 9.87. The average Bonchev–Trinajstić information content (AvgIpc) is 2.92. The van der Waals surface area contributed by atoms with E-state index in [1.807, 2.05) is 12.4 Å². The fourth-order valence-corrected chi connectivity index (χ4v) is 3.05. The molecule has 1 aromatic rings. The summed E-state index contributed by atoms with van der Waals surface area (Å²) in [6.45, 7) is 6.04.